The van der Waals surface area contributed by atoms with Crippen molar-refractivity contribution in [1.82, 2.24) is 0 Å². The molecule has 0 unspecified atom stereocenters. The average molecular weight is 136 g/mol. The maximum absolute atomic E-state index is 5.13. The predicted molar refractivity (Wildman–Crippen MR) is 24.9 cm³/mol. The summed E-state index contributed by atoms with van der Waals surface area (Å²) in [6.45, 7) is 3.49. The van der Waals surface area contributed by atoms with E-state index >= 15 is 0 Å². The topological polar surface area (TPSA) is 26.0 Å². The summed E-state index contributed by atoms with van der Waals surface area (Å²) >= 11 is 0.307. The molecule has 0 radical (unpaired) electrons. The summed E-state index contributed by atoms with van der Waals surface area (Å²) < 4.78 is 5.13. The fourth-order valence-electron chi connectivity index (χ4n) is 0.0680. The first-order valence-electron chi connectivity index (χ1n) is 1.34. The summed E-state index contributed by atoms with van der Waals surface area (Å²) in [5, 5.41) is 0.993. The molecule has 0 aromatic heterocycles. The van der Waals surface area contributed by atoms with Crippen molar-refractivity contribution >= 4 is 15.2 Å². The van der Waals surface area contributed by atoms with E-state index < -0.39 is 0 Å². The van der Waals surface area contributed by atoms with Crippen LogP contribution in [0.15, 0.2) is 12.7 Å². The SMILES string of the molecule is C=CC[Se]N. The molecule has 2 N–H and O–H groups in total. The van der Waals surface area contributed by atoms with Crippen LogP contribution >= 0.6 is 0 Å². The molecule has 0 amide bonds. The quantitative estimate of drug-likeness (QED) is 0.425. The van der Waals surface area contributed by atoms with Crippen molar-refractivity contribution in [3.05, 3.63) is 12.7 Å². The summed E-state index contributed by atoms with van der Waals surface area (Å²) in [5.41, 5.74) is 0. The Hall–Kier alpha value is 0.219. The third-order valence-corrected chi connectivity index (χ3v) is 1.11. The van der Waals surface area contributed by atoms with Crippen molar-refractivity contribution in [1.29, 1.82) is 0 Å². The summed E-state index contributed by atoms with van der Waals surface area (Å²) in [6.07, 6.45) is 1.83. The molecular formula is C3H7NSe. The van der Waals surface area contributed by atoms with E-state index in [0.29, 0.717) is 15.2 Å². The minimum atomic E-state index is 0.307. The van der Waals surface area contributed by atoms with E-state index in [2.05, 4.69) is 6.58 Å². The second kappa shape index (κ2) is 4.22. The number of rotatable bonds is 2. The Morgan fingerprint density at radius 3 is 2.60 bits per heavy atom. The van der Waals surface area contributed by atoms with E-state index in [0.717, 1.165) is 5.32 Å². The van der Waals surface area contributed by atoms with Gasteiger partial charge < -0.3 is 0 Å². The number of hydrogen-bond donors (Lipinski definition) is 1. The molecule has 0 fully saturated rings. The molecule has 2 heteroatoms. The van der Waals surface area contributed by atoms with Gasteiger partial charge in [-0.25, -0.2) is 0 Å². The fraction of sp³-hybridized carbons (Fsp3) is 0.333. The first-order valence-corrected chi connectivity index (χ1v) is 3.54. The Morgan fingerprint density at radius 1 is 2.00 bits per heavy atom. The van der Waals surface area contributed by atoms with Gasteiger partial charge in [-0.15, -0.1) is 0 Å². The molecule has 0 spiro atoms. The van der Waals surface area contributed by atoms with Crippen LogP contribution in [0.5, 0.6) is 0 Å². The van der Waals surface area contributed by atoms with Crippen molar-refractivity contribution in [3.63, 3.8) is 0 Å². The molecule has 0 rings (SSSR count). The molecular weight excluding hydrogens is 129 g/mol. The molecule has 0 aliphatic rings. The minimum absolute atomic E-state index is 0.307. The van der Waals surface area contributed by atoms with Crippen molar-refractivity contribution in [2.24, 2.45) is 4.75 Å². The van der Waals surface area contributed by atoms with Crippen LogP contribution in [-0.2, 0) is 0 Å². The van der Waals surface area contributed by atoms with Gasteiger partial charge in [-0.3, -0.25) is 0 Å². The summed E-state index contributed by atoms with van der Waals surface area (Å²) in [6, 6.07) is 0. The van der Waals surface area contributed by atoms with Crippen molar-refractivity contribution < 1.29 is 0 Å². The molecule has 30 valence electrons. The van der Waals surface area contributed by atoms with Gasteiger partial charge in [0.15, 0.2) is 0 Å². The van der Waals surface area contributed by atoms with Crippen LogP contribution < -0.4 is 4.75 Å². The van der Waals surface area contributed by atoms with Crippen LogP contribution in [0.1, 0.15) is 0 Å². The van der Waals surface area contributed by atoms with Gasteiger partial charge in [-0.2, -0.15) is 0 Å². The van der Waals surface area contributed by atoms with Crippen LogP contribution in [-0.4, -0.2) is 15.2 Å². The zero-order chi connectivity index (χ0) is 4.12. The Labute approximate surface area is 38.6 Å². The molecule has 0 aromatic carbocycles. The van der Waals surface area contributed by atoms with Gasteiger partial charge in [0, 0.05) is 0 Å². The van der Waals surface area contributed by atoms with E-state index in [1.54, 1.807) is 0 Å². The standard InChI is InChI=1S/C3H7NSe/c1-2-3-5-4/h2H,1,3-4H2. The fourth-order valence-corrected chi connectivity index (χ4v) is 0.354. The molecule has 0 aliphatic heterocycles. The van der Waals surface area contributed by atoms with Crippen LogP contribution in [0.4, 0.5) is 0 Å². The monoisotopic (exact) mass is 137 g/mol. The Bertz CT molecular complexity index is 28.1. The average Bonchev–Trinajstić information content (AvgIpc) is 1.41. The predicted octanol–water partition coefficient (Wildman–Crippen LogP) is 0.169. The van der Waals surface area contributed by atoms with Crippen molar-refractivity contribution in [2.45, 2.75) is 5.32 Å². The van der Waals surface area contributed by atoms with Crippen LogP contribution in [0.25, 0.3) is 0 Å². The van der Waals surface area contributed by atoms with E-state index in [-0.39, 0.29) is 0 Å². The molecule has 0 bridgehead atoms. The zero-order valence-electron chi connectivity index (χ0n) is 2.98. The van der Waals surface area contributed by atoms with E-state index in [1.807, 2.05) is 6.08 Å². The van der Waals surface area contributed by atoms with Crippen LogP contribution in [0.3, 0.4) is 0 Å². The first kappa shape index (κ1) is 5.22. The van der Waals surface area contributed by atoms with E-state index in [1.165, 1.54) is 0 Å². The Morgan fingerprint density at radius 2 is 2.60 bits per heavy atom. The number of nitrogens with two attached hydrogens (primary N) is 1. The molecule has 0 aromatic rings. The van der Waals surface area contributed by atoms with E-state index in [9.17, 15) is 0 Å². The van der Waals surface area contributed by atoms with E-state index in [4.69, 9.17) is 4.75 Å². The van der Waals surface area contributed by atoms with Crippen molar-refractivity contribution in [2.75, 3.05) is 0 Å². The third kappa shape index (κ3) is 4.22. The molecule has 0 heterocycles. The molecule has 0 aliphatic carbocycles. The summed E-state index contributed by atoms with van der Waals surface area (Å²) in [5.74, 6) is 0. The number of allylic oxidation sites excluding steroid dienone is 1. The molecule has 0 atom stereocenters. The van der Waals surface area contributed by atoms with Gasteiger partial charge in [0.25, 0.3) is 0 Å². The second-order valence-corrected chi connectivity index (χ2v) is 2.02. The zero-order valence-corrected chi connectivity index (χ0v) is 4.69. The van der Waals surface area contributed by atoms with Crippen molar-refractivity contribution in [3.8, 4) is 0 Å². The molecule has 0 saturated heterocycles. The second-order valence-electron chi connectivity index (χ2n) is 0.622. The third-order valence-electron chi connectivity index (χ3n) is 0.214. The normalized spacial score (nSPS) is 7.40. The molecule has 1 nitrogen and oxygen atoms in total. The molecule has 0 saturated carbocycles. The van der Waals surface area contributed by atoms with Crippen LogP contribution in [0.2, 0.25) is 5.32 Å². The Balaban J connectivity index is 2.40. The maximum atomic E-state index is 5.13. The van der Waals surface area contributed by atoms with Gasteiger partial charge in [-0.05, 0) is 0 Å². The van der Waals surface area contributed by atoms with Gasteiger partial charge in [-0.1, -0.05) is 0 Å². The van der Waals surface area contributed by atoms with Crippen LogP contribution in [0, 0.1) is 0 Å². The number of hydrogen-bond acceptors (Lipinski definition) is 1. The first-order chi connectivity index (χ1) is 2.41. The summed E-state index contributed by atoms with van der Waals surface area (Å²) in [7, 11) is 0. The van der Waals surface area contributed by atoms with Gasteiger partial charge in [0.1, 0.15) is 0 Å². The van der Waals surface area contributed by atoms with Gasteiger partial charge >= 0.3 is 37.9 Å². The molecule has 5 heavy (non-hydrogen) atoms. The Kier molecular flexibility index (Phi) is 4.40. The summed E-state index contributed by atoms with van der Waals surface area (Å²) in [4.78, 5) is 0. The van der Waals surface area contributed by atoms with Gasteiger partial charge in [0.05, 0.1) is 0 Å². The van der Waals surface area contributed by atoms with Gasteiger partial charge in [0.2, 0.25) is 0 Å².